The Morgan fingerprint density at radius 2 is 1.68 bits per heavy atom. The Morgan fingerprint density at radius 3 is 2.32 bits per heavy atom. The lowest BCUT2D eigenvalue weighted by Crippen LogP contribution is -2.30. The van der Waals surface area contributed by atoms with Crippen molar-refractivity contribution in [3.05, 3.63) is 64.2 Å². The zero-order valence-corrected chi connectivity index (χ0v) is 21.8. The zero-order valence-electron chi connectivity index (χ0n) is 21.0. The number of carbonyl (C=O) groups is 1. The normalized spacial score (nSPS) is 16.8. The molecule has 0 aromatic heterocycles. The molecular formula is C29H38O4S. The van der Waals surface area contributed by atoms with Crippen LogP contribution in [-0.2, 0) is 21.7 Å². The van der Waals surface area contributed by atoms with Gasteiger partial charge >= 0.3 is 5.97 Å². The van der Waals surface area contributed by atoms with Crippen molar-refractivity contribution in [3.8, 4) is 0 Å². The Kier molecular flexibility index (Phi) is 8.40. The van der Waals surface area contributed by atoms with Gasteiger partial charge in [0.05, 0.1) is 16.2 Å². The van der Waals surface area contributed by atoms with Crippen molar-refractivity contribution in [2.45, 2.75) is 89.4 Å². The third kappa shape index (κ3) is 6.18. The van der Waals surface area contributed by atoms with E-state index in [0.717, 1.165) is 47.1 Å². The van der Waals surface area contributed by atoms with Crippen LogP contribution in [-0.4, -0.2) is 25.2 Å². The van der Waals surface area contributed by atoms with Crippen molar-refractivity contribution in [1.82, 2.24) is 0 Å². The van der Waals surface area contributed by atoms with Crippen molar-refractivity contribution >= 4 is 27.5 Å². The maximum atomic E-state index is 13.0. The number of sulfone groups is 1. The molecule has 1 N–H and O–H groups in total. The fourth-order valence-corrected chi connectivity index (χ4v) is 6.75. The molecule has 34 heavy (non-hydrogen) atoms. The second-order valence-electron chi connectivity index (χ2n) is 10.2. The highest BCUT2D eigenvalue weighted by molar-refractivity contribution is 7.91. The quantitative estimate of drug-likeness (QED) is 0.285. The van der Waals surface area contributed by atoms with Crippen molar-refractivity contribution < 1.29 is 18.3 Å². The first-order valence-electron chi connectivity index (χ1n) is 12.5. The number of benzene rings is 2. The van der Waals surface area contributed by atoms with E-state index in [9.17, 15) is 13.2 Å². The van der Waals surface area contributed by atoms with Crippen LogP contribution in [0.15, 0.2) is 41.3 Å². The molecule has 3 rings (SSSR count). The van der Waals surface area contributed by atoms with Gasteiger partial charge in [-0.1, -0.05) is 71.1 Å². The van der Waals surface area contributed by atoms with Crippen LogP contribution in [0, 0.1) is 0 Å². The van der Waals surface area contributed by atoms with Gasteiger partial charge in [-0.05, 0) is 83.7 Å². The molecule has 184 valence electrons. The molecule has 1 aliphatic rings. The van der Waals surface area contributed by atoms with E-state index >= 15 is 0 Å². The number of hydrogen-bond donors (Lipinski definition) is 1. The van der Waals surface area contributed by atoms with Gasteiger partial charge in [0.15, 0.2) is 9.84 Å². The Balaban J connectivity index is 1.99. The zero-order chi connectivity index (χ0) is 24.9. The van der Waals surface area contributed by atoms with E-state index < -0.39 is 15.8 Å². The Hall–Kier alpha value is -2.40. The first kappa shape index (κ1) is 26.2. The van der Waals surface area contributed by atoms with Crippen molar-refractivity contribution in [3.63, 3.8) is 0 Å². The minimum atomic E-state index is -3.27. The van der Waals surface area contributed by atoms with Crippen LogP contribution in [0.3, 0.4) is 0 Å². The maximum absolute atomic E-state index is 13.0. The number of aromatic carboxylic acids is 1. The minimum Gasteiger partial charge on any atom is -0.478 e. The van der Waals surface area contributed by atoms with Crippen molar-refractivity contribution in [1.29, 1.82) is 0 Å². The molecule has 5 heteroatoms. The Bertz CT molecular complexity index is 1160. The van der Waals surface area contributed by atoms with Crippen LogP contribution in [0.1, 0.15) is 105 Å². The van der Waals surface area contributed by atoms with Gasteiger partial charge in [-0.2, -0.15) is 0 Å². The highest BCUT2D eigenvalue weighted by atomic mass is 32.2. The second kappa shape index (κ2) is 10.9. The monoisotopic (exact) mass is 482 g/mol. The number of carboxylic acid groups (broad SMARTS) is 1. The summed E-state index contributed by atoms with van der Waals surface area (Å²) in [6.45, 7) is 8.52. The molecule has 0 amide bonds. The van der Waals surface area contributed by atoms with E-state index in [1.807, 2.05) is 18.2 Å². The minimum absolute atomic E-state index is 0.197. The van der Waals surface area contributed by atoms with Crippen LogP contribution >= 0.6 is 0 Å². The molecule has 2 aromatic carbocycles. The highest BCUT2D eigenvalue weighted by Gasteiger charge is 2.36. The average Bonchev–Trinajstić information content (AvgIpc) is 2.79. The smallest absolute Gasteiger partial charge is 0.335 e. The summed E-state index contributed by atoms with van der Waals surface area (Å²) in [4.78, 5) is 11.7. The molecule has 0 radical (unpaired) electrons. The number of unbranched alkanes of at least 4 members (excludes halogenated alkanes) is 5. The third-order valence-electron chi connectivity index (χ3n) is 7.03. The van der Waals surface area contributed by atoms with Gasteiger partial charge in [0.25, 0.3) is 0 Å². The van der Waals surface area contributed by atoms with Crippen LogP contribution in [0.2, 0.25) is 0 Å². The highest BCUT2D eigenvalue weighted by Crippen LogP contribution is 2.41. The molecule has 1 aliphatic heterocycles. The average molecular weight is 483 g/mol. The standard InChI is InChI=1S/C29H38O4S/c1-5-6-7-8-9-10-11-24-19-27-26(29(3,4)16-17-34(27,32)33)20-25(24)21(2)18-22-12-14-23(15-13-22)28(30)31/h12-15,18-20H,5-11,16-17H2,1-4H3,(H,30,31). The van der Waals surface area contributed by atoms with E-state index in [1.54, 1.807) is 12.1 Å². The van der Waals surface area contributed by atoms with E-state index in [1.165, 1.54) is 25.7 Å². The van der Waals surface area contributed by atoms with E-state index in [0.29, 0.717) is 11.3 Å². The summed E-state index contributed by atoms with van der Waals surface area (Å²) in [5.41, 5.74) is 5.15. The molecule has 0 atom stereocenters. The molecule has 1 heterocycles. The molecule has 0 unspecified atom stereocenters. The summed E-state index contributed by atoms with van der Waals surface area (Å²) < 4.78 is 25.9. The van der Waals surface area contributed by atoms with Gasteiger partial charge in [0.2, 0.25) is 0 Å². The van der Waals surface area contributed by atoms with Gasteiger partial charge in [-0.3, -0.25) is 0 Å². The third-order valence-corrected chi connectivity index (χ3v) is 8.78. The Morgan fingerprint density at radius 1 is 1.03 bits per heavy atom. The lowest BCUT2D eigenvalue weighted by Gasteiger charge is -2.33. The number of rotatable bonds is 10. The van der Waals surface area contributed by atoms with Crippen LogP contribution in [0.5, 0.6) is 0 Å². The molecule has 0 spiro atoms. The summed E-state index contributed by atoms with van der Waals surface area (Å²) >= 11 is 0. The van der Waals surface area contributed by atoms with E-state index in [4.69, 9.17) is 5.11 Å². The molecule has 0 bridgehead atoms. The summed E-state index contributed by atoms with van der Waals surface area (Å²) in [6.07, 6.45) is 10.7. The molecule has 0 fully saturated rings. The van der Waals surface area contributed by atoms with Gasteiger partial charge in [-0.15, -0.1) is 0 Å². The molecule has 0 saturated carbocycles. The molecule has 0 saturated heterocycles. The first-order valence-corrected chi connectivity index (χ1v) is 14.1. The van der Waals surface area contributed by atoms with E-state index in [2.05, 4.69) is 39.8 Å². The molecule has 2 aromatic rings. The first-order chi connectivity index (χ1) is 16.0. The van der Waals surface area contributed by atoms with Crippen LogP contribution in [0.25, 0.3) is 11.6 Å². The lowest BCUT2D eigenvalue weighted by molar-refractivity contribution is 0.0697. The summed E-state index contributed by atoms with van der Waals surface area (Å²) in [7, 11) is -3.27. The number of aryl methyl sites for hydroxylation is 1. The summed E-state index contributed by atoms with van der Waals surface area (Å²) in [5.74, 6) is -0.736. The van der Waals surface area contributed by atoms with Gasteiger partial charge in [0, 0.05) is 0 Å². The van der Waals surface area contributed by atoms with Crippen molar-refractivity contribution in [2.24, 2.45) is 0 Å². The maximum Gasteiger partial charge on any atom is 0.335 e. The number of fused-ring (bicyclic) bond motifs is 1. The SMILES string of the molecule is CCCCCCCCc1cc2c(cc1C(C)=Cc1ccc(C(=O)O)cc1)C(C)(C)CCS2(=O)=O. The number of carboxylic acids is 1. The molecular weight excluding hydrogens is 444 g/mol. The van der Waals surface area contributed by atoms with E-state index in [-0.39, 0.29) is 16.7 Å². The fourth-order valence-electron chi connectivity index (χ4n) is 4.76. The fraction of sp³-hybridized carbons (Fsp3) is 0.483. The topological polar surface area (TPSA) is 71.4 Å². The van der Waals surface area contributed by atoms with Crippen LogP contribution < -0.4 is 0 Å². The predicted octanol–water partition coefficient (Wildman–Crippen LogP) is 7.30. The van der Waals surface area contributed by atoms with Crippen molar-refractivity contribution in [2.75, 3.05) is 5.75 Å². The lowest BCUT2D eigenvalue weighted by atomic mass is 9.79. The molecule has 0 aliphatic carbocycles. The summed E-state index contributed by atoms with van der Waals surface area (Å²) in [6, 6.07) is 10.9. The predicted molar refractivity (Wildman–Crippen MR) is 140 cm³/mol. The van der Waals surface area contributed by atoms with Gasteiger partial charge in [0.1, 0.15) is 0 Å². The van der Waals surface area contributed by atoms with Gasteiger partial charge < -0.3 is 5.11 Å². The summed E-state index contributed by atoms with van der Waals surface area (Å²) in [5, 5.41) is 9.16. The van der Waals surface area contributed by atoms with Crippen LogP contribution in [0.4, 0.5) is 0 Å². The molecule has 4 nitrogen and oxygen atoms in total. The number of allylic oxidation sites excluding steroid dienone is 1. The largest absolute Gasteiger partial charge is 0.478 e. The van der Waals surface area contributed by atoms with Gasteiger partial charge in [-0.25, -0.2) is 13.2 Å². The number of hydrogen-bond acceptors (Lipinski definition) is 3. The Labute approximate surface area is 205 Å². The second-order valence-corrected chi connectivity index (χ2v) is 12.3.